The number of benzene rings is 1. The molecule has 2 aromatic heterocycles. The van der Waals surface area contributed by atoms with E-state index in [-0.39, 0.29) is 23.4 Å². The second kappa shape index (κ2) is 8.33. The van der Waals surface area contributed by atoms with Gasteiger partial charge in [-0.15, -0.1) is 11.3 Å². The Labute approximate surface area is 189 Å². The third-order valence-corrected chi connectivity index (χ3v) is 7.95. The van der Waals surface area contributed by atoms with Gasteiger partial charge < -0.3 is 14.9 Å². The minimum Gasteiger partial charge on any atom is -0.465 e. The molecule has 14 heteroatoms. The molecule has 1 fully saturated rings. The average Bonchev–Trinajstić information content (AvgIpc) is 3.18. The van der Waals surface area contributed by atoms with E-state index in [1.165, 1.54) is 17.2 Å². The first-order chi connectivity index (χ1) is 15.4. The largest absolute Gasteiger partial charge is 0.465 e. The number of sulfonamides is 1. The molecule has 1 aliphatic rings. The zero-order valence-corrected chi connectivity index (χ0v) is 18.3. The molecular weight excluding hydrogens is 488 g/mol. The molecule has 2 N–H and O–H groups in total. The Morgan fingerprint density at radius 2 is 1.82 bits per heavy atom. The molecule has 0 aliphatic carbocycles. The number of alkyl halides is 3. The maximum Gasteiger partial charge on any atom is 0.416 e. The van der Waals surface area contributed by atoms with Crippen LogP contribution in [0.15, 0.2) is 40.7 Å². The molecule has 0 atom stereocenters. The normalized spacial score (nSPS) is 15.2. The molecule has 0 bridgehead atoms. The fourth-order valence-electron chi connectivity index (χ4n) is 3.44. The van der Waals surface area contributed by atoms with Crippen LogP contribution in [-0.2, 0) is 16.2 Å². The van der Waals surface area contributed by atoms with Crippen molar-refractivity contribution >= 4 is 49.0 Å². The van der Waals surface area contributed by atoms with Crippen LogP contribution in [0.3, 0.4) is 0 Å². The summed E-state index contributed by atoms with van der Waals surface area (Å²) in [7, 11) is -4.32. The number of fused-ring (bicyclic) bond motifs is 1. The number of thiophene rings is 1. The van der Waals surface area contributed by atoms with Crippen molar-refractivity contribution in [1.29, 1.82) is 0 Å². The van der Waals surface area contributed by atoms with Crippen LogP contribution < -0.4 is 9.62 Å². The van der Waals surface area contributed by atoms with Gasteiger partial charge in [0.1, 0.15) is 15.8 Å². The number of amides is 1. The van der Waals surface area contributed by atoms with Gasteiger partial charge in [-0.3, -0.25) is 4.72 Å². The fourth-order valence-corrected chi connectivity index (χ4v) is 5.85. The summed E-state index contributed by atoms with van der Waals surface area (Å²) in [6, 6.07) is 4.40. The molecule has 0 spiro atoms. The van der Waals surface area contributed by atoms with Crippen molar-refractivity contribution in [1.82, 2.24) is 9.88 Å². The van der Waals surface area contributed by atoms with Crippen molar-refractivity contribution < 1.29 is 35.9 Å². The minimum atomic E-state index is -4.84. The Morgan fingerprint density at radius 3 is 2.45 bits per heavy atom. The first-order valence-corrected chi connectivity index (χ1v) is 11.8. The molecule has 0 unspecified atom stereocenters. The Hall–Kier alpha value is -3.13. The van der Waals surface area contributed by atoms with Crippen LogP contribution in [0.1, 0.15) is 5.56 Å². The van der Waals surface area contributed by atoms with E-state index in [0.29, 0.717) is 41.1 Å². The van der Waals surface area contributed by atoms with Crippen molar-refractivity contribution in [2.24, 2.45) is 0 Å². The predicted molar refractivity (Wildman–Crippen MR) is 114 cm³/mol. The number of carboxylic acid groups (broad SMARTS) is 1. The highest BCUT2D eigenvalue weighted by atomic mass is 32.2. The summed E-state index contributed by atoms with van der Waals surface area (Å²) in [6.07, 6.45) is -4.38. The van der Waals surface area contributed by atoms with Crippen LogP contribution in [0.25, 0.3) is 10.1 Å². The van der Waals surface area contributed by atoms with E-state index in [9.17, 15) is 30.8 Å². The maximum absolute atomic E-state index is 13.7. The quantitative estimate of drug-likeness (QED) is 0.520. The van der Waals surface area contributed by atoms with Gasteiger partial charge in [-0.1, -0.05) is 0 Å². The van der Waals surface area contributed by atoms with Gasteiger partial charge in [0.2, 0.25) is 0 Å². The number of halogens is 4. The molecule has 1 aliphatic heterocycles. The zero-order chi connectivity index (χ0) is 24.0. The maximum atomic E-state index is 13.7. The predicted octanol–water partition coefficient (Wildman–Crippen LogP) is 4.06. The number of hydrogen-bond acceptors (Lipinski definition) is 6. The Morgan fingerprint density at radius 1 is 1.12 bits per heavy atom. The smallest absolute Gasteiger partial charge is 0.416 e. The van der Waals surface area contributed by atoms with Gasteiger partial charge in [0, 0.05) is 42.5 Å². The fraction of sp³-hybridized carbons (Fsp3) is 0.263. The second-order valence-electron chi connectivity index (χ2n) is 7.20. The molecular formula is C19H16F4N4O4S2. The Bertz CT molecular complexity index is 1320. The summed E-state index contributed by atoms with van der Waals surface area (Å²) >= 11 is 0.883. The van der Waals surface area contributed by atoms with Crippen molar-refractivity contribution in [2.75, 3.05) is 35.8 Å². The first-order valence-electron chi connectivity index (χ1n) is 9.46. The van der Waals surface area contributed by atoms with Crippen LogP contribution in [0.2, 0.25) is 0 Å². The molecule has 8 nitrogen and oxygen atoms in total. The van der Waals surface area contributed by atoms with E-state index in [2.05, 4.69) is 4.98 Å². The molecule has 1 amide bonds. The number of rotatable bonds is 4. The lowest BCUT2D eigenvalue weighted by Gasteiger charge is -2.34. The summed E-state index contributed by atoms with van der Waals surface area (Å²) < 4.78 is 80.5. The highest BCUT2D eigenvalue weighted by Gasteiger charge is 2.32. The van der Waals surface area contributed by atoms with Gasteiger partial charge in [0.05, 0.1) is 11.3 Å². The Balaban J connectivity index is 1.64. The standard InChI is InChI=1S/C19H16F4N4O4S2/c20-12-7-11(19(21,22)23)8-13(9-12)25-33(30,31)16-10-14-15(32-16)1-2-24-17(14)26-3-5-27(6-4-26)18(28)29/h1-2,7-10,25H,3-6H2,(H,28,29). The monoisotopic (exact) mass is 504 g/mol. The summed E-state index contributed by atoms with van der Waals surface area (Å²) in [5.74, 6) is -0.758. The van der Waals surface area contributed by atoms with Crippen molar-refractivity contribution in [3.63, 3.8) is 0 Å². The summed E-state index contributed by atoms with van der Waals surface area (Å²) in [5, 5.41) is 9.60. The first kappa shape index (κ1) is 23.0. The molecule has 0 radical (unpaired) electrons. The molecule has 0 saturated carbocycles. The van der Waals surface area contributed by atoms with Crippen molar-refractivity contribution in [2.45, 2.75) is 10.4 Å². The van der Waals surface area contributed by atoms with Gasteiger partial charge in [0.25, 0.3) is 10.0 Å². The third-order valence-electron chi connectivity index (χ3n) is 4.99. The van der Waals surface area contributed by atoms with E-state index in [1.54, 1.807) is 6.07 Å². The van der Waals surface area contributed by atoms with Gasteiger partial charge >= 0.3 is 12.3 Å². The van der Waals surface area contributed by atoms with Crippen LogP contribution in [0.4, 0.5) is 33.9 Å². The van der Waals surface area contributed by atoms with Gasteiger partial charge in [0.15, 0.2) is 0 Å². The number of nitrogens with one attached hydrogen (secondary N) is 1. The number of nitrogens with zero attached hydrogens (tertiary/aromatic N) is 3. The molecule has 33 heavy (non-hydrogen) atoms. The van der Waals surface area contributed by atoms with E-state index in [1.807, 2.05) is 9.62 Å². The Kier molecular flexibility index (Phi) is 5.82. The van der Waals surface area contributed by atoms with E-state index in [4.69, 9.17) is 5.11 Å². The number of hydrogen-bond donors (Lipinski definition) is 2. The van der Waals surface area contributed by atoms with Gasteiger partial charge in [-0.2, -0.15) is 13.2 Å². The van der Waals surface area contributed by atoms with E-state index < -0.39 is 39.4 Å². The van der Waals surface area contributed by atoms with E-state index >= 15 is 0 Å². The average molecular weight is 504 g/mol. The second-order valence-corrected chi connectivity index (χ2v) is 10.2. The SMILES string of the molecule is O=C(O)N1CCN(c2nccc3sc(S(=O)(=O)Nc4cc(F)cc(C(F)(F)F)c4)cc23)CC1. The van der Waals surface area contributed by atoms with Crippen LogP contribution in [0, 0.1) is 5.82 Å². The summed E-state index contributed by atoms with van der Waals surface area (Å²) in [6.45, 7) is 1.23. The lowest BCUT2D eigenvalue weighted by Crippen LogP contribution is -2.48. The molecule has 1 aromatic carbocycles. The van der Waals surface area contributed by atoms with Crippen molar-refractivity contribution in [3.8, 4) is 0 Å². The molecule has 176 valence electrons. The topological polar surface area (TPSA) is 103 Å². The number of pyridine rings is 1. The molecule has 3 heterocycles. The number of piperazine rings is 1. The number of carbonyl (C=O) groups is 1. The lowest BCUT2D eigenvalue weighted by atomic mass is 10.2. The number of aromatic nitrogens is 1. The molecule has 3 aromatic rings. The van der Waals surface area contributed by atoms with Crippen LogP contribution in [-0.4, -0.2) is 55.7 Å². The molecule has 1 saturated heterocycles. The summed E-state index contributed by atoms with van der Waals surface area (Å²) in [4.78, 5) is 18.5. The van der Waals surface area contributed by atoms with Gasteiger partial charge in [-0.25, -0.2) is 22.6 Å². The molecule has 4 rings (SSSR count). The lowest BCUT2D eigenvalue weighted by molar-refractivity contribution is -0.137. The highest BCUT2D eigenvalue weighted by Crippen LogP contribution is 2.36. The highest BCUT2D eigenvalue weighted by molar-refractivity contribution is 7.94. The van der Waals surface area contributed by atoms with E-state index in [0.717, 1.165) is 11.3 Å². The minimum absolute atomic E-state index is 0.186. The number of anilines is 2. The van der Waals surface area contributed by atoms with Crippen LogP contribution >= 0.6 is 11.3 Å². The summed E-state index contributed by atoms with van der Waals surface area (Å²) in [5.41, 5.74) is -1.87. The van der Waals surface area contributed by atoms with Crippen molar-refractivity contribution in [3.05, 3.63) is 47.9 Å². The van der Waals surface area contributed by atoms with Gasteiger partial charge in [-0.05, 0) is 30.3 Å². The third kappa shape index (κ3) is 4.80. The van der Waals surface area contributed by atoms with Crippen LogP contribution in [0.5, 0.6) is 0 Å². The zero-order valence-electron chi connectivity index (χ0n) is 16.6.